The first-order chi connectivity index (χ1) is 9.08. The summed E-state index contributed by atoms with van der Waals surface area (Å²) in [6.07, 6.45) is 0. The van der Waals surface area contributed by atoms with Crippen LogP contribution in [-0.2, 0) is 12.5 Å². The van der Waals surface area contributed by atoms with Gasteiger partial charge in [-0.2, -0.15) is 0 Å². The van der Waals surface area contributed by atoms with E-state index in [0.717, 1.165) is 11.1 Å². The third-order valence-electron chi connectivity index (χ3n) is 2.47. The van der Waals surface area contributed by atoms with Gasteiger partial charge in [-0.15, -0.1) is 11.6 Å². The Kier molecular flexibility index (Phi) is 5.08. The largest absolute Gasteiger partial charge is 0.487 e. The van der Waals surface area contributed by atoms with Crippen molar-refractivity contribution in [3.63, 3.8) is 0 Å². The second kappa shape index (κ2) is 6.60. The Hall–Kier alpha value is -0.770. The summed E-state index contributed by atoms with van der Waals surface area (Å²) in [6, 6.07) is 9.97. The molecule has 19 heavy (non-hydrogen) atoms. The van der Waals surface area contributed by atoms with E-state index in [4.69, 9.17) is 27.9 Å². The van der Waals surface area contributed by atoms with E-state index in [2.05, 4.69) is 15.9 Å². The van der Waals surface area contributed by atoms with Gasteiger partial charge in [0.15, 0.2) is 0 Å². The lowest BCUT2D eigenvalue weighted by atomic mass is 10.2. The van der Waals surface area contributed by atoms with Crippen LogP contribution in [0.4, 0.5) is 4.39 Å². The van der Waals surface area contributed by atoms with Crippen LogP contribution in [0.5, 0.6) is 5.75 Å². The molecule has 0 radical (unpaired) electrons. The van der Waals surface area contributed by atoms with Crippen LogP contribution in [0.2, 0.25) is 5.02 Å². The monoisotopic (exact) mass is 362 g/mol. The van der Waals surface area contributed by atoms with Gasteiger partial charge in [-0.05, 0) is 41.5 Å². The van der Waals surface area contributed by atoms with Crippen LogP contribution in [0.25, 0.3) is 0 Å². The standard InChI is InChI=1S/C14H10BrCl2FO/c15-11-3-10(4-12(18)6-11)8-19-14-2-1-9(7-16)5-13(14)17/h1-6H,7-8H2. The molecule has 100 valence electrons. The van der Waals surface area contributed by atoms with Crippen LogP contribution in [0, 0.1) is 5.82 Å². The van der Waals surface area contributed by atoms with Gasteiger partial charge in [-0.25, -0.2) is 4.39 Å². The Morgan fingerprint density at radius 3 is 2.53 bits per heavy atom. The van der Waals surface area contributed by atoms with Crippen LogP contribution in [0.3, 0.4) is 0 Å². The number of ether oxygens (including phenoxy) is 1. The summed E-state index contributed by atoms with van der Waals surface area (Å²) in [4.78, 5) is 0. The second-order valence-electron chi connectivity index (χ2n) is 3.96. The maximum Gasteiger partial charge on any atom is 0.138 e. The summed E-state index contributed by atoms with van der Waals surface area (Å²) in [5, 5.41) is 0.494. The Bertz CT molecular complexity index is 569. The average molecular weight is 364 g/mol. The molecule has 0 atom stereocenters. The molecule has 0 saturated heterocycles. The molecule has 0 aliphatic carbocycles. The molecule has 0 spiro atoms. The molecule has 1 nitrogen and oxygen atoms in total. The minimum atomic E-state index is -0.309. The van der Waals surface area contributed by atoms with Crippen molar-refractivity contribution >= 4 is 39.1 Å². The van der Waals surface area contributed by atoms with Crippen LogP contribution in [0.15, 0.2) is 40.9 Å². The number of halogens is 4. The fourth-order valence-corrected chi connectivity index (χ4v) is 2.54. The molecule has 0 N–H and O–H groups in total. The highest BCUT2D eigenvalue weighted by molar-refractivity contribution is 9.10. The first-order valence-corrected chi connectivity index (χ1v) is 7.21. The quantitative estimate of drug-likeness (QED) is 0.646. The Morgan fingerprint density at radius 2 is 1.89 bits per heavy atom. The molecule has 0 heterocycles. The number of alkyl halides is 1. The number of hydrogen-bond acceptors (Lipinski definition) is 1. The van der Waals surface area contributed by atoms with Crippen molar-refractivity contribution in [1.29, 1.82) is 0 Å². The molecule has 2 aromatic rings. The topological polar surface area (TPSA) is 9.23 Å². The van der Waals surface area contributed by atoms with E-state index in [9.17, 15) is 4.39 Å². The molecule has 0 unspecified atom stereocenters. The van der Waals surface area contributed by atoms with Crippen LogP contribution in [-0.4, -0.2) is 0 Å². The molecule has 0 saturated carbocycles. The van der Waals surface area contributed by atoms with Gasteiger partial charge in [0.05, 0.1) is 5.02 Å². The molecule has 2 rings (SSSR count). The summed E-state index contributed by atoms with van der Waals surface area (Å²) in [5.74, 6) is 0.643. The lowest BCUT2D eigenvalue weighted by Gasteiger charge is -2.09. The highest BCUT2D eigenvalue weighted by Gasteiger charge is 2.05. The Balaban J connectivity index is 2.10. The SMILES string of the molecule is Fc1cc(Br)cc(COc2ccc(CCl)cc2Cl)c1. The van der Waals surface area contributed by atoms with E-state index in [1.807, 2.05) is 6.07 Å². The van der Waals surface area contributed by atoms with Crippen molar-refractivity contribution in [2.75, 3.05) is 0 Å². The van der Waals surface area contributed by atoms with Crippen LogP contribution in [0.1, 0.15) is 11.1 Å². The molecule has 0 bridgehead atoms. The van der Waals surface area contributed by atoms with E-state index in [1.54, 1.807) is 18.2 Å². The normalized spacial score (nSPS) is 10.5. The number of hydrogen-bond donors (Lipinski definition) is 0. The van der Waals surface area contributed by atoms with E-state index >= 15 is 0 Å². The van der Waals surface area contributed by atoms with Crippen molar-refractivity contribution in [1.82, 2.24) is 0 Å². The van der Waals surface area contributed by atoms with Gasteiger partial charge in [0, 0.05) is 10.4 Å². The van der Waals surface area contributed by atoms with Gasteiger partial charge in [0.2, 0.25) is 0 Å². The van der Waals surface area contributed by atoms with Gasteiger partial charge < -0.3 is 4.74 Å². The van der Waals surface area contributed by atoms with Crippen LogP contribution >= 0.6 is 39.1 Å². The smallest absolute Gasteiger partial charge is 0.138 e. The third kappa shape index (κ3) is 4.10. The molecule has 0 amide bonds. The van der Waals surface area contributed by atoms with E-state index in [-0.39, 0.29) is 12.4 Å². The number of rotatable bonds is 4. The summed E-state index contributed by atoms with van der Waals surface area (Å²) < 4.78 is 19.5. The molecular weight excluding hydrogens is 354 g/mol. The molecule has 0 fully saturated rings. The number of benzene rings is 2. The lowest BCUT2D eigenvalue weighted by molar-refractivity contribution is 0.305. The van der Waals surface area contributed by atoms with Crippen molar-refractivity contribution < 1.29 is 9.13 Å². The second-order valence-corrected chi connectivity index (χ2v) is 5.55. The predicted molar refractivity (Wildman–Crippen MR) is 79.4 cm³/mol. The molecule has 5 heteroatoms. The van der Waals surface area contributed by atoms with Crippen LogP contribution < -0.4 is 4.74 Å². The average Bonchev–Trinajstić information content (AvgIpc) is 2.36. The molecule has 0 aromatic heterocycles. The fourth-order valence-electron chi connectivity index (χ4n) is 1.60. The fraction of sp³-hybridized carbons (Fsp3) is 0.143. The zero-order valence-electron chi connectivity index (χ0n) is 9.80. The maximum atomic E-state index is 13.2. The minimum absolute atomic E-state index is 0.246. The van der Waals surface area contributed by atoms with E-state index in [0.29, 0.717) is 21.1 Å². The van der Waals surface area contributed by atoms with E-state index in [1.165, 1.54) is 12.1 Å². The van der Waals surface area contributed by atoms with Gasteiger partial charge in [-0.3, -0.25) is 0 Å². The summed E-state index contributed by atoms with van der Waals surface area (Å²) in [6.45, 7) is 0.246. The van der Waals surface area contributed by atoms with E-state index < -0.39 is 0 Å². The minimum Gasteiger partial charge on any atom is -0.487 e. The maximum absolute atomic E-state index is 13.2. The first-order valence-electron chi connectivity index (χ1n) is 5.50. The molecule has 0 aliphatic rings. The molecule has 2 aromatic carbocycles. The molecular formula is C14H10BrCl2FO. The summed E-state index contributed by atoms with van der Waals surface area (Å²) in [7, 11) is 0. The predicted octanol–water partition coefficient (Wildman–Crippen LogP) is 5.56. The van der Waals surface area contributed by atoms with Gasteiger partial charge in [0.1, 0.15) is 18.2 Å². The Morgan fingerprint density at radius 1 is 1.11 bits per heavy atom. The first kappa shape index (κ1) is 14.6. The summed E-state index contributed by atoms with van der Waals surface area (Å²) >= 11 is 15.0. The third-order valence-corrected chi connectivity index (χ3v) is 3.53. The van der Waals surface area contributed by atoms with Crippen molar-refractivity contribution in [2.24, 2.45) is 0 Å². The zero-order chi connectivity index (χ0) is 13.8. The van der Waals surface area contributed by atoms with Crippen molar-refractivity contribution in [3.05, 3.63) is 62.8 Å². The zero-order valence-corrected chi connectivity index (χ0v) is 12.9. The van der Waals surface area contributed by atoms with Crippen molar-refractivity contribution in [3.8, 4) is 5.75 Å². The van der Waals surface area contributed by atoms with Gasteiger partial charge >= 0.3 is 0 Å². The lowest BCUT2D eigenvalue weighted by Crippen LogP contribution is -1.97. The van der Waals surface area contributed by atoms with Crippen molar-refractivity contribution in [2.45, 2.75) is 12.5 Å². The molecule has 0 aliphatic heterocycles. The Labute approximate surface area is 129 Å². The summed E-state index contributed by atoms with van der Waals surface area (Å²) in [5.41, 5.74) is 1.65. The highest BCUT2D eigenvalue weighted by atomic mass is 79.9. The van der Waals surface area contributed by atoms with Gasteiger partial charge in [0.25, 0.3) is 0 Å². The van der Waals surface area contributed by atoms with Gasteiger partial charge in [-0.1, -0.05) is 33.6 Å². The highest BCUT2D eigenvalue weighted by Crippen LogP contribution is 2.27.